The molecule has 1 aliphatic heterocycles. The van der Waals surface area contributed by atoms with Crippen LogP contribution in [0.5, 0.6) is 0 Å². The lowest BCUT2D eigenvalue weighted by molar-refractivity contribution is -0.139. The lowest BCUT2D eigenvalue weighted by Crippen LogP contribution is -2.60. The number of amides is 3. The van der Waals surface area contributed by atoms with Gasteiger partial charge in [-0.15, -0.1) is 0 Å². The van der Waals surface area contributed by atoms with Gasteiger partial charge in [-0.05, 0) is 48.9 Å². The molecule has 34 heavy (non-hydrogen) atoms. The van der Waals surface area contributed by atoms with Crippen molar-refractivity contribution in [2.45, 2.75) is 84.2 Å². The average Bonchev–Trinajstić information content (AvgIpc) is 3.43. The Labute approximate surface area is 202 Å². The molecule has 0 bridgehead atoms. The summed E-state index contributed by atoms with van der Waals surface area (Å²) in [7, 11) is 0. The first kappa shape index (κ1) is 24.6. The molecule has 2 saturated carbocycles. The minimum Gasteiger partial charge on any atom is -0.342 e. The lowest BCUT2D eigenvalue weighted by atomic mass is 9.82. The Morgan fingerprint density at radius 2 is 1.62 bits per heavy atom. The summed E-state index contributed by atoms with van der Waals surface area (Å²) in [6.07, 6.45) is 13.0. The van der Waals surface area contributed by atoms with Crippen molar-refractivity contribution in [2.24, 2.45) is 23.2 Å². The van der Waals surface area contributed by atoms with Crippen molar-refractivity contribution in [1.82, 2.24) is 25.5 Å². The first-order valence-corrected chi connectivity index (χ1v) is 12.9. The fraction of sp³-hybridized carbons (Fsp3) is 0.731. The van der Waals surface area contributed by atoms with Crippen molar-refractivity contribution in [1.29, 1.82) is 0 Å². The van der Waals surface area contributed by atoms with Crippen LogP contribution in [0.3, 0.4) is 0 Å². The number of hydrogen-bond acceptors (Lipinski definition) is 5. The van der Waals surface area contributed by atoms with Crippen molar-refractivity contribution >= 4 is 17.7 Å². The summed E-state index contributed by atoms with van der Waals surface area (Å²) < 4.78 is 0. The molecular formula is C26H39N5O3. The minimum absolute atomic E-state index is 0.00195. The number of carbonyl (C=O) groups excluding carboxylic acids is 3. The van der Waals surface area contributed by atoms with E-state index in [9.17, 15) is 14.4 Å². The van der Waals surface area contributed by atoms with E-state index in [0.29, 0.717) is 11.8 Å². The molecule has 2 N–H and O–H groups in total. The molecule has 3 fully saturated rings. The molecule has 8 nitrogen and oxygen atoms in total. The number of rotatable bonds is 6. The fourth-order valence-electron chi connectivity index (χ4n) is 5.97. The van der Waals surface area contributed by atoms with E-state index in [4.69, 9.17) is 0 Å². The maximum absolute atomic E-state index is 13.6. The van der Waals surface area contributed by atoms with Crippen molar-refractivity contribution in [2.75, 3.05) is 13.1 Å². The summed E-state index contributed by atoms with van der Waals surface area (Å²) >= 11 is 0. The third-order valence-corrected chi connectivity index (χ3v) is 7.92. The fourth-order valence-corrected chi connectivity index (χ4v) is 5.97. The van der Waals surface area contributed by atoms with Gasteiger partial charge in [-0.2, -0.15) is 0 Å². The summed E-state index contributed by atoms with van der Waals surface area (Å²) in [4.78, 5) is 50.1. The van der Waals surface area contributed by atoms with E-state index in [1.165, 1.54) is 37.9 Å². The molecular weight excluding hydrogens is 430 g/mol. The zero-order valence-electron chi connectivity index (χ0n) is 20.8. The largest absolute Gasteiger partial charge is 0.342 e. The van der Waals surface area contributed by atoms with Crippen molar-refractivity contribution in [3.63, 3.8) is 0 Å². The maximum atomic E-state index is 13.6. The Bertz CT molecular complexity index is 866. The molecule has 4 atom stereocenters. The highest BCUT2D eigenvalue weighted by Gasteiger charge is 2.44. The van der Waals surface area contributed by atoms with Gasteiger partial charge in [-0.25, -0.2) is 4.98 Å². The molecule has 1 saturated heterocycles. The van der Waals surface area contributed by atoms with Crippen LogP contribution in [0, 0.1) is 23.2 Å². The topological polar surface area (TPSA) is 104 Å². The van der Waals surface area contributed by atoms with Gasteiger partial charge in [0, 0.05) is 25.5 Å². The molecule has 0 radical (unpaired) electrons. The van der Waals surface area contributed by atoms with Gasteiger partial charge in [0.1, 0.15) is 17.8 Å². The number of likely N-dealkylation sites (tertiary alicyclic amines) is 1. The van der Waals surface area contributed by atoms with Crippen LogP contribution in [0.15, 0.2) is 18.6 Å². The summed E-state index contributed by atoms with van der Waals surface area (Å²) in [6, 6.07) is -1.34. The van der Waals surface area contributed by atoms with Crippen LogP contribution in [0.4, 0.5) is 0 Å². The van der Waals surface area contributed by atoms with Gasteiger partial charge in [0.2, 0.25) is 11.8 Å². The van der Waals surface area contributed by atoms with Crippen LogP contribution in [0.25, 0.3) is 0 Å². The minimum atomic E-state index is -0.703. The Morgan fingerprint density at radius 3 is 2.21 bits per heavy atom. The van der Waals surface area contributed by atoms with Gasteiger partial charge in [-0.3, -0.25) is 19.4 Å². The predicted octanol–water partition coefficient (Wildman–Crippen LogP) is 2.94. The van der Waals surface area contributed by atoms with Crippen molar-refractivity contribution < 1.29 is 14.4 Å². The Morgan fingerprint density at radius 1 is 0.941 bits per heavy atom. The number of hydrogen-bond donors (Lipinski definition) is 2. The van der Waals surface area contributed by atoms with Gasteiger partial charge in [0.25, 0.3) is 5.91 Å². The van der Waals surface area contributed by atoms with Gasteiger partial charge in [0.05, 0.1) is 6.20 Å². The van der Waals surface area contributed by atoms with Crippen molar-refractivity contribution in [3.05, 3.63) is 24.3 Å². The summed E-state index contributed by atoms with van der Waals surface area (Å²) in [5, 5.41) is 5.99. The Balaban J connectivity index is 1.50. The molecule has 4 rings (SSSR count). The van der Waals surface area contributed by atoms with Gasteiger partial charge in [-0.1, -0.05) is 46.5 Å². The molecule has 8 heteroatoms. The van der Waals surface area contributed by atoms with E-state index in [0.717, 1.165) is 45.2 Å². The summed E-state index contributed by atoms with van der Waals surface area (Å²) in [5.74, 6) is 0.541. The Kier molecular flexibility index (Phi) is 7.53. The standard InChI is InChI=1S/C26H39N5O3/c1-26(2,3)22(25(34)31-15-18-10-7-11-19(18)16-31)30-24(33)21(17-8-5-4-6-9-17)29-23(32)20-14-27-12-13-28-20/h12-14,17-19,21-22H,4-11,15-16H2,1-3H3,(H,29,32)(H,30,33)/t18?,19?,21-,22?/m0/s1. The second-order valence-corrected chi connectivity index (χ2v) is 11.4. The lowest BCUT2D eigenvalue weighted by Gasteiger charge is -2.36. The van der Waals surface area contributed by atoms with Gasteiger partial charge in [0.15, 0.2) is 0 Å². The zero-order chi connectivity index (χ0) is 24.3. The van der Waals surface area contributed by atoms with E-state index in [1.807, 2.05) is 25.7 Å². The highest BCUT2D eigenvalue weighted by molar-refractivity contribution is 5.97. The first-order chi connectivity index (χ1) is 16.2. The number of fused-ring (bicyclic) bond motifs is 1. The molecule has 2 heterocycles. The molecule has 0 spiro atoms. The Hall–Kier alpha value is -2.51. The van der Waals surface area contributed by atoms with Crippen LogP contribution in [0.1, 0.15) is 82.6 Å². The molecule has 2 aliphatic carbocycles. The smallest absolute Gasteiger partial charge is 0.272 e. The molecule has 186 valence electrons. The number of nitrogens with one attached hydrogen (secondary N) is 2. The maximum Gasteiger partial charge on any atom is 0.272 e. The highest BCUT2D eigenvalue weighted by Crippen LogP contribution is 2.38. The second kappa shape index (κ2) is 10.4. The third kappa shape index (κ3) is 5.58. The summed E-state index contributed by atoms with van der Waals surface area (Å²) in [6.45, 7) is 7.55. The summed E-state index contributed by atoms with van der Waals surface area (Å²) in [5.41, 5.74) is -0.264. The van der Waals surface area contributed by atoms with Gasteiger partial charge >= 0.3 is 0 Å². The second-order valence-electron chi connectivity index (χ2n) is 11.4. The molecule has 0 aromatic carbocycles. The SMILES string of the molecule is CC(C)(C)C(NC(=O)[C@@H](NC(=O)c1cnccn1)C1CCCCC1)C(=O)N1CC2CCCC2C1. The molecule has 1 aromatic rings. The van der Waals surface area contributed by atoms with E-state index in [-0.39, 0.29) is 23.4 Å². The van der Waals surface area contributed by atoms with Crippen LogP contribution in [0.2, 0.25) is 0 Å². The van der Waals surface area contributed by atoms with Crippen LogP contribution >= 0.6 is 0 Å². The number of aromatic nitrogens is 2. The van der Waals surface area contributed by atoms with Gasteiger partial charge < -0.3 is 15.5 Å². The zero-order valence-corrected chi connectivity index (χ0v) is 20.8. The van der Waals surface area contributed by atoms with E-state index in [2.05, 4.69) is 20.6 Å². The monoisotopic (exact) mass is 469 g/mol. The van der Waals surface area contributed by atoms with E-state index in [1.54, 1.807) is 0 Å². The number of nitrogens with zero attached hydrogens (tertiary/aromatic N) is 3. The van der Waals surface area contributed by atoms with E-state index < -0.39 is 23.4 Å². The van der Waals surface area contributed by atoms with Crippen molar-refractivity contribution in [3.8, 4) is 0 Å². The molecule has 1 aromatic heterocycles. The quantitative estimate of drug-likeness (QED) is 0.667. The normalized spacial score (nSPS) is 24.9. The number of carbonyl (C=O) groups is 3. The molecule has 3 aliphatic rings. The predicted molar refractivity (Wildman–Crippen MR) is 129 cm³/mol. The molecule has 3 amide bonds. The third-order valence-electron chi connectivity index (χ3n) is 7.92. The van der Waals surface area contributed by atoms with Crippen LogP contribution in [-0.4, -0.2) is 57.8 Å². The van der Waals surface area contributed by atoms with E-state index >= 15 is 0 Å². The highest BCUT2D eigenvalue weighted by atomic mass is 16.2. The van der Waals surface area contributed by atoms with Crippen LogP contribution in [-0.2, 0) is 9.59 Å². The average molecular weight is 470 g/mol. The molecule has 3 unspecified atom stereocenters. The first-order valence-electron chi connectivity index (χ1n) is 12.9. The van der Waals surface area contributed by atoms with Crippen LogP contribution < -0.4 is 10.6 Å².